The Bertz CT molecular complexity index is 1020. The van der Waals surface area contributed by atoms with Crippen LogP contribution in [0.4, 0.5) is 11.4 Å². The van der Waals surface area contributed by atoms with Gasteiger partial charge >= 0.3 is 0 Å². The predicted octanol–water partition coefficient (Wildman–Crippen LogP) is 3.87. The number of hydrogen-bond donors (Lipinski definition) is 1. The number of nitrogens with one attached hydrogen (secondary N) is 1. The number of imide groups is 1. The van der Waals surface area contributed by atoms with Gasteiger partial charge in [-0.2, -0.15) is 0 Å². The zero-order valence-corrected chi connectivity index (χ0v) is 16.4. The summed E-state index contributed by atoms with van der Waals surface area (Å²) in [4.78, 5) is 39.8. The van der Waals surface area contributed by atoms with Gasteiger partial charge in [-0.25, -0.2) is 0 Å². The Labute approximate surface area is 169 Å². The summed E-state index contributed by atoms with van der Waals surface area (Å²) < 4.78 is 0. The van der Waals surface area contributed by atoms with Crippen molar-refractivity contribution in [3.05, 3.63) is 71.3 Å². The van der Waals surface area contributed by atoms with Crippen LogP contribution in [-0.2, 0) is 9.59 Å². The number of fused-ring (bicyclic) bond motifs is 5. The van der Waals surface area contributed by atoms with E-state index in [-0.39, 0.29) is 41.4 Å². The highest BCUT2D eigenvalue weighted by Crippen LogP contribution is 2.53. The summed E-state index contributed by atoms with van der Waals surface area (Å²) >= 11 is 0. The smallest absolute Gasteiger partial charge is 0.255 e. The summed E-state index contributed by atoms with van der Waals surface area (Å²) in [5, 5.41) is 2.96. The molecule has 29 heavy (non-hydrogen) atoms. The number of carbonyl (C=O) groups is 3. The van der Waals surface area contributed by atoms with E-state index < -0.39 is 0 Å². The van der Waals surface area contributed by atoms with Gasteiger partial charge in [0.15, 0.2) is 0 Å². The molecule has 5 heteroatoms. The van der Waals surface area contributed by atoms with Crippen LogP contribution in [0.2, 0.25) is 0 Å². The van der Waals surface area contributed by atoms with Crippen molar-refractivity contribution in [1.82, 2.24) is 0 Å². The Morgan fingerprint density at radius 3 is 2.00 bits per heavy atom. The number of benzene rings is 2. The SMILES string of the molecule is Cc1cccc(C)c1NC(=O)c1ccc(N2C(=O)[C@@H]3[C@@H](C2=O)[C@H]2C=C[C@@H]3C2)cc1. The molecular weight excluding hydrogens is 364 g/mol. The van der Waals surface area contributed by atoms with Crippen LogP contribution in [0.15, 0.2) is 54.6 Å². The van der Waals surface area contributed by atoms with E-state index in [1.165, 1.54) is 4.90 Å². The largest absolute Gasteiger partial charge is 0.322 e. The maximum Gasteiger partial charge on any atom is 0.255 e. The summed E-state index contributed by atoms with van der Waals surface area (Å²) in [6.07, 6.45) is 5.08. The molecule has 5 nitrogen and oxygen atoms in total. The van der Waals surface area contributed by atoms with Gasteiger partial charge in [-0.1, -0.05) is 30.4 Å². The van der Waals surface area contributed by atoms with E-state index >= 15 is 0 Å². The van der Waals surface area contributed by atoms with E-state index in [1.807, 2.05) is 32.0 Å². The Hall–Kier alpha value is -3.21. The lowest BCUT2D eigenvalue weighted by Gasteiger charge is -2.17. The lowest BCUT2D eigenvalue weighted by atomic mass is 9.85. The summed E-state index contributed by atoms with van der Waals surface area (Å²) in [6, 6.07) is 12.6. The fourth-order valence-corrected chi connectivity index (χ4v) is 5.12. The van der Waals surface area contributed by atoms with Crippen molar-refractivity contribution in [2.75, 3.05) is 10.2 Å². The molecule has 4 atom stereocenters. The number of nitrogens with zero attached hydrogens (tertiary/aromatic N) is 1. The van der Waals surface area contributed by atoms with Gasteiger partial charge in [-0.3, -0.25) is 19.3 Å². The van der Waals surface area contributed by atoms with Crippen molar-refractivity contribution < 1.29 is 14.4 Å². The average molecular weight is 386 g/mol. The van der Waals surface area contributed by atoms with Crippen LogP contribution in [0, 0.1) is 37.5 Å². The van der Waals surface area contributed by atoms with Crippen LogP contribution < -0.4 is 10.2 Å². The highest BCUT2D eigenvalue weighted by molar-refractivity contribution is 6.23. The number of allylic oxidation sites excluding steroid dienone is 2. The number of rotatable bonds is 3. The quantitative estimate of drug-likeness (QED) is 0.643. The molecule has 1 N–H and O–H groups in total. The molecule has 146 valence electrons. The Morgan fingerprint density at radius 2 is 1.45 bits per heavy atom. The summed E-state index contributed by atoms with van der Waals surface area (Å²) in [6.45, 7) is 3.91. The Morgan fingerprint density at radius 1 is 0.897 bits per heavy atom. The summed E-state index contributed by atoms with van der Waals surface area (Å²) in [7, 11) is 0. The van der Waals surface area contributed by atoms with Crippen LogP contribution in [0.5, 0.6) is 0 Å². The topological polar surface area (TPSA) is 66.5 Å². The van der Waals surface area contributed by atoms with Gasteiger partial charge in [0, 0.05) is 11.3 Å². The van der Waals surface area contributed by atoms with E-state index in [4.69, 9.17) is 0 Å². The first-order valence-electron chi connectivity index (χ1n) is 9.99. The fourth-order valence-electron chi connectivity index (χ4n) is 5.12. The van der Waals surface area contributed by atoms with Crippen molar-refractivity contribution in [1.29, 1.82) is 0 Å². The summed E-state index contributed by atoms with van der Waals surface area (Å²) in [5.41, 5.74) is 3.83. The van der Waals surface area contributed by atoms with Crippen molar-refractivity contribution in [3.63, 3.8) is 0 Å². The van der Waals surface area contributed by atoms with Gasteiger partial charge < -0.3 is 5.32 Å². The third-order valence-electron chi connectivity index (χ3n) is 6.58. The average Bonchev–Trinajstić information content (AvgIpc) is 3.39. The minimum absolute atomic E-state index is 0.107. The molecule has 0 aromatic heterocycles. The highest BCUT2D eigenvalue weighted by Gasteiger charge is 2.59. The van der Waals surface area contributed by atoms with Crippen LogP contribution >= 0.6 is 0 Å². The van der Waals surface area contributed by atoms with Gasteiger partial charge in [-0.05, 0) is 67.5 Å². The van der Waals surface area contributed by atoms with E-state index in [0.29, 0.717) is 11.3 Å². The van der Waals surface area contributed by atoms with Crippen LogP contribution in [-0.4, -0.2) is 17.7 Å². The molecule has 3 amide bonds. The van der Waals surface area contributed by atoms with Gasteiger partial charge in [0.1, 0.15) is 0 Å². The number of hydrogen-bond acceptors (Lipinski definition) is 3. The second-order valence-corrected chi connectivity index (χ2v) is 8.28. The zero-order valence-electron chi connectivity index (χ0n) is 16.4. The zero-order chi connectivity index (χ0) is 20.3. The number of amides is 3. The number of anilines is 2. The minimum Gasteiger partial charge on any atom is -0.322 e. The molecule has 0 unspecified atom stereocenters. The van der Waals surface area contributed by atoms with Crippen LogP contribution in [0.1, 0.15) is 27.9 Å². The lowest BCUT2D eigenvalue weighted by Crippen LogP contribution is -2.32. The predicted molar refractivity (Wildman–Crippen MR) is 111 cm³/mol. The van der Waals surface area contributed by atoms with E-state index in [9.17, 15) is 14.4 Å². The third kappa shape index (κ3) is 2.64. The second-order valence-electron chi connectivity index (χ2n) is 8.28. The Kier molecular flexibility index (Phi) is 3.95. The van der Waals surface area contributed by atoms with E-state index in [1.54, 1.807) is 24.3 Å². The number of aryl methyl sites for hydroxylation is 2. The fraction of sp³-hybridized carbons (Fsp3) is 0.292. The maximum atomic E-state index is 12.9. The van der Waals surface area contributed by atoms with Crippen molar-refractivity contribution >= 4 is 29.1 Å². The molecule has 2 aliphatic carbocycles. The van der Waals surface area contributed by atoms with Crippen LogP contribution in [0.25, 0.3) is 0 Å². The molecule has 0 spiro atoms. The van der Waals surface area contributed by atoms with Crippen molar-refractivity contribution in [2.45, 2.75) is 20.3 Å². The molecule has 3 aliphatic rings. The van der Waals surface area contributed by atoms with Gasteiger partial charge in [-0.15, -0.1) is 0 Å². The molecule has 2 bridgehead atoms. The molecule has 1 heterocycles. The molecule has 2 fully saturated rings. The Balaban J connectivity index is 1.36. The van der Waals surface area contributed by atoms with E-state index in [0.717, 1.165) is 23.2 Å². The minimum atomic E-state index is -0.218. The molecule has 1 aliphatic heterocycles. The molecule has 1 saturated heterocycles. The summed E-state index contributed by atoms with van der Waals surface area (Å²) in [5.74, 6) is -0.488. The molecule has 0 radical (unpaired) electrons. The molecule has 1 saturated carbocycles. The van der Waals surface area contributed by atoms with Gasteiger partial charge in [0.25, 0.3) is 5.91 Å². The monoisotopic (exact) mass is 386 g/mol. The van der Waals surface area contributed by atoms with Crippen LogP contribution in [0.3, 0.4) is 0 Å². The molecule has 5 rings (SSSR count). The third-order valence-corrected chi connectivity index (χ3v) is 6.58. The first kappa shape index (κ1) is 17.9. The molecule has 2 aromatic rings. The van der Waals surface area contributed by atoms with Crippen molar-refractivity contribution in [3.8, 4) is 0 Å². The first-order chi connectivity index (χ1) is 14.0. The number of para-hydroxylation sites is 1. The lowest BCUT2D eigenvalue weighted by molar-refractivity contribution is -0.123. The molecular formula is C24H22N2O3. The second kappa shape index (κ2) is 6.41. The molecule has 2 aromatic carbocycles. The normalized spacial score (nSPS) is 26.9. The van der Waals surface area contributed by atoms with E-state index in [2.05, 4.69) is 17.5 Å². The highest BCUT2D eigenvalue weighted by atomic mass is 16.2. The maximum absolute atomic E-state index is 12.9. The number of carbonyl (C=O) groups excluding carboxylic acids is 3. The van der Waals surface area contributed by atoms with Gasteiger partial charge in [0.2, 0.25) is 11.8 Å². The van der Waals surface area contributed by atoms with Gasteiger partial charge in [0.05, 0.1) is 17.5 Å². The van der Waals surface area contributed by atoms with Crippen molar-refractivity contribution in [2.24, 2.45) is 23.7 Å². The first-order valence-corrected chi connectivity index (χ1v) is 9.99. The standard InChI is InChI=1S/C24H22N2O3/c1-13-4-3-5-14(2)21(13)25-22(27)15-8-10-18(11-9-15)26-23(28)19-16-6-7-17(12-16)20(19)24(26)29/h3-11,16-17,19-20H,12H2,1-2H3,(H,25,27)/t16-,17+,19-,20-/m0/s1.